The van der Waals surface area contributed by atoms with Gasteiger partial charge in [0.2, 0.25) is 0 Å². The summed E-state index contributed by atoms with van der Waals surface area (Å²) in [6, 6.07) is 7.88. The van der Waals surface area contributed by atoms with Crippen LogP contribution in [0.1, 0.15) is 18.5 Å². The van der Waals surface area contributed by atoms with Crippen molar-refractivity contribution in [2.75, 3.05) is 5.32 Å². The summed E-state index contributed by atoms with van der Waals surface area (Å²) in [7, 11) is 0. The Morgan fingerprint density at radius 2 is 2.28 bits per heavy atom. The van der Waals surface area contributed by atoms with Gasteiger partial charge < -0.3 is 10.3 Å². The Kier molecular flexibility index (Phi) is 4.04. The highest BCUT2D eigenvalue weighted by molar-refractivity contribution is 9.10. The molecule has 6 heteroatoms. The summed E-state index contributed by atoms with van der Waals surface area (Å²) in [5, 5.41) is 3.18. The molecule has 0 aliphatic heterocycles. The molecule has 0 aliphatic carbocycles. The minimum absolute atomic E-state index is 0.00528. The maximum absolute atomic E-state index is 11.3. The van der Waals surface area contributed by atoms with E-state index in [0.29, 0.717) is 5.82 Å². The Morgan fingerprint density at radius 3 is 3.00 bits per heavy atom. The summed E-state index contributed by atoms with van der Waals surface area (Å²) >= 11 is 9.30. The number of hydrogen-bond acceptors (Lipinski definition) is 3. The lowest BCUT2D eigenvalue weighted by Crippen LogP contribution is -2.14. The van der Waals surface area contributed by atoms with Crippen LogP contribution in [0.25, 0.3) is 0 Å². The molecule has 0 fully saturated rings. The molecule has 1 aromatic heterocycles. The van der Waals surface area contributed by atoms with E-state index in [1.807, 2.05) is 31.2 Å². The Hall–Kier alpha value is -1.33. The molecule has 4 nitrogen and oxygen atoms in total. The predicted octanol–water partition coefficient (Wildman–Crippen LogP) is 3.36. The molecule has 0 amide bonds. The van der Waals surface area contributed by atoms with Crippen molar-refractivity contribution in [3.63, 3.8) is 0 Å². The monoisotopic (exact) mass is 327 g/mol. The molecule has 2 N–H and O–H groups in total. The number of aromatic amines is 1. The minimum Gasteiger partial charge on any atom is -0.362 e. The largest absolute Gasteiger partial charge is 0.362 e. The second kappa shape index (κ2) is 5.54. The van der Waals surface area contributed by atoms with E-state index in [0.717, 1.165) is 10.0 Å². The Labute approximate surface area is 118 Å². The molecule has 2 rings (SSSR count). The van der Waals surface area contributed by atoms with E-state index in [1.54, 1.807) is 0 Å². The van der Waals surface area contributed by atoms with Crippen molar-refractivity contribution in [2.24, 2.45) is 0 Å². The molecule has 1 atom stereocenters. The maximum atomic E-state index is 11.3. The van der Waals surface area contributed by atoms with Crippen LogP contribution in [-0.2, 0) is 0 Å². The van der Waals surface area contributed by atoms with E-state index in [1.165, 1.54) is 6.33 Å². The highest BCUT2D eigenvalue weighted by Gasteiger charge is 2.10. The zero-order valence-electron chi connectivity index (χ0n) is 9.58. The summed E-state index contributed by atoms with van der Waals surface area (Å²) in [6.45, 7) is 1.97. The van der Waals surface area contributed by atoms with E-state index in [4.69, 9.17) is 11.6 Å². The molecule has 0 aliphatic rings. The van der Waals surface area contributed by atoms with E-state index >= 15 is 0 Å². The van der Waals surface area contributed by atoms with Crippen molar-refractivity contribution in [1.29, 1.82) is 0 Å². The van der Waals surface area contributed by atoms with Crippen LogP contribution in [0, 0.1) is 0 Å². The lowest BCUT2D eigenvalue weighted by Gasteiger charge is -2.15. The van der Waals surface area contributed by atoms with Crippen molar-refractivity contribution < 1.29 is 0 Å². The number of hydrogen-bond donors (Lipinski definition) is 2. The molecule has 0 spiro atoms. The van der Waals surface area contributed by atoms with Gasteiger partial charge in [0, 0.05) is 4.47 Å². The summed E-state index contributed by atoms with van der Waals surface area (Å²) in [6.07, 6.45) is 1.32. The normalized spacial score (nSPS) is 12.2. The molecule has 1 heterocycles. The molecule has 94 valence electrons. The van der Waals surface area contributed by atoms with Crippen LogP contribution in [-0.4, -0.2) is 9.97 Å². The third-order valence-electron chi connectivity index (χ3n) is 2.50. The van der Waals surface area contributed by atoms with Gasteiger partial charge in [-0.25, -0.2) is 4.98 Å². The number of rotatable bonds is 3. The summed E-state index contributed by atoms with van der Waals surface area (Å²) in [5.41, 5.74) is 0.720. The number of halogens is 2. The molecule has 0 bridgehead atoms. The quantitative estimate of drug-likeness (QED) is 0.908. The van der Waals surface area contributed by atoms with Crippen molar-refractivity contribution in [2.45, 2.75) is 13.0 Å². The molecule has 2 aromatic rings. The first-order chi connectivity index (χ1) is 8.58. The fourth-order valence-corrected chi connectivity index (χ4v) is 2.12. The van der Waals surface area contributed by atoms with Crippen LogP contribution < -0.4 is 10.9 Å². The predicted molar refractivity (Wildman–Crippen MR) is 76.0 cm³/mol. The van der Waals surface area contributed by atoms with Crippen molar-refractivity contribution in [3.05, 3.63) is 56.0 Å². The fraction of sp³-hybridized carbons (Fsp3) is 0.167. The molecule has 0 saturated heterocycles. The number of anilines is 1. The first-order valence-corrected chi connectivity index (χ1v) is 6.50. The number of benzene rings is 1. The van der Waals surface area contributed by atoms with Gasteiger partial charge in [-0.2, -0.15) is 0 Å². The van der Waals surface area contributed by atoms with Gasteiger partial charge in [0.25, 0.3) is 5.56 Å². The Bertz CT molecular complexity index is 614. The number of aromatic nitrogens is 2. The van der Waals surface area contributed by atoms with Gasteiger partial charge in [-0.15, -0.1) is 0 Å². The Morgan fingerprint density at radius 1 is 1.50 bits per heavy atom. The van der Waals surface area contributed by atoms with Crippen molar-refractivity contribution in [3.8, 4) is 0 Å². The highest BCUT2D eigenvalue weighted by atomic mass is 79.9. The maximum Gasteiger partial charge on any atom is 0.271 e. The average molecular weight is 329 g/mol. The van der Waals surface area contributed by atoms with E-state index in [9.17, 15) is 4.79 Å². The molecule has 1 unspecified atom stereocenters. The van der Waals surface area contributed by atoms with Gasteiger partial charge in [0.1, 0.15) is 5.02 Å². The summed E-state index contributed by atoms with van der Waals surface area (Å²) < 4.78 is 0.999. The summed E-state index contributed by atoms with van der Waals surface area (Å²) in [5.74, 6) is 0.382. The fourth-order valence-electron chi connectivity index (χ4n) is 1.55. The zero-order valence-corrected chi connectivity index (χ0v) is 11.9. The molecule has 0 radical (unpaired) electrons. The number of nitrogens with one attached hydrogen (secondary N) is 2. The standard InChI is InChI=1S/C12H11BrClN3O/c1-7(8-3-2-4-9(13)5-8)17-11-10(14)12(18)16-6-15-11/h2-7H,1H3,(H2,15,16,17,18). The molecular weight excluding hydrogens is 318 g/mol. The third kappa shape index (κ3) is 2.91. The Balaban J connectivity index is 2.24. The van der Waals surface area contributed by atoms with Crippen LogP contribution in [0.2, 0.25) is 5.02 Å². The third-order valence-corrected chi connectivity index (χ3v) is 3.34. The van der Waals surface area contributed by atoms with E-state index in [-0.39, 0.29) is 16.6 Å². The van der Waals surface area contributed by atoms with Crippen LogP contribution in [0.5, 0.6) is 0 Å². The number of nitrogens with zero attached hydrogens (tertiary/aromatic N) is 1. The zero-order chi connectivity index (χ0) is 13.1. The van der Waals surface area contributed by atoms with Crippen LogP contribution in [0.4, 0.5) is 5.82 Å². The van der Waals surface area contributed by atoms with Gasteiger partial charge in [-0.3, -0.25) is 4.79 Å². The van der Waals surface area contributed by atoms with Gasteiger partial charge in [-0.05, 0) is 24.6 Å². The van der Waals surface area contributed by atoms with Crippen LogP contribution >= 0.6 is 27.5 Å². The lowest BCUT2D eigenvalue weighted by atomic mass is 10.1. The lowest BCUT2D eigenvalue weighted by molar-refractivity contribution is 0.869. The van der Waals surface area contributed by atoms with Gasteiger partial charge in [-0.1, -0.05) is 39.7 Å². The SMILES string of the molecule is CC(Nc1nc[nH]c(=O)c1Cl)c1cccc(Br)c1. The smallest absolute Gasteiger partial charge is 0.271 e. The second-order valence-electron chi connectivity index (χ2n) is 3.82. The first-order valence-electron chi connectivity index (χ1n) is 5.33. The van der Waals surface area contributed by atoms with Gasteiger partial charge in [0.05, 0.1) is 12.4 Å². The summed E-state index contributed by atoms with van der Waals surface area (Å²) in [4.78, 5) is 17.8. The molecular formula is C12H11BrClN3O. The van der Waals surface area contributed by atoms with E-state index in [2.05, 4.69) is 31.2 Å². The molecule has 18 heavy (non-hydrogen) atoms. The van der Waals surface area contributed by atoms with E-state index < -0.39 is 0 Å². The molecule has 1 aromatic carbocycles. The number of H-pyrrole nitrogens is 1. The first kappa shape index (κ1) is 13.1. The van der Waals surface area contributed by atoms with Crippen molar-refractivity contribution in [1.82, 2.24) is 9.97 Å². The average Bonchev–Trinajstić information content (AvgIpc) is 2.35. The van der Waals surface area contributed by atoms with Gasteiger partial charge in [0.15, 0.2) is 5.82 Å². The topological polar surface area (TPSA) is 57.8 Å². The van der Waals surface area contributed by atoms with Crippen LogP contribution in [0.3, 0.4) is 0 Å². The minimum atomic E-state index is -0.351. The van der Waals surface area contributed by atoms with Crippen molar-refractivity contribution >= 4 is 33.3 Å². The van der Waals surface area contributed by atoms with Gasteiger partial charge >= 0.3 is 0 Å². The highest BCUT2D eigenvalue weighted by Crippen LogP contribution is 2.23. The van der Waals surface area contributed by atoms with Crippen LogP contribution in [0.15, 0.2) is 39.9 Å². The molecule has 0 saturated carbocycles. The second-order valence-corrected chi connectivity index (χ2v) is 5.11.